The third-order valence-electron chi connectivity index (χ3n) is 7.14. The highest BCUT2D eigenvalue weighted by molar-refractivity contribution is 5.89. The summed E-state index contributed by atoms with van der Waals surface area (Å²) < 4.78 is 5.60. The first-order chi connectivity index (χ1) is 18.5. The average Bonchev–Trinajstić information content (AvgIpc) is 2.97. The predicted molar refractivity (Wildman–Crippen MR) is 148 cm³/mol. The monoisotopic (exact) mass is 514 g/mol. The number of anilines is 2. The van der Waals surface area contributed by atoms with Gasteiger partial charge in [0.25, 0.3) is 5.91 Å². The Labute approximate surface area is 223 Å². The number of morpholine rings is 1. The van der Waals surface area contributed by atoms with Crippen LogP contribution in [0, 0.1) is 0 Å². The van der Waals surface area contributed by atoms with E-state index in [4.69, 9.17) is 4.74 Å². The van der Waals surface area contributed by atoms with Crippen LogP contribution in [0.1, 0.15) is 29.7 Å². The van der Waals surface area contributed by atoms with Crippen LogP contribution in [-0.2, 0) is 22.5 Å². The van der Waals surface area contributed by atoms with Gasteiger partial charge in [-0.3, -0.25) is 4.79 Å². The van der Waals surface area contributed by atoms with Crippen molar-refractivity contribution in [1.29, 1.82) is 0 Å². The molecule has 0 aliphatic carbocycles. The second kappa shape index (κ2) is 11.7. The molecule has 0 unspecified atom stereocenters. The van der Waals surface area contributed by atoms with E-state index in [1.165, 1.54) is 11.3 Å². The third-order valence-corrected chi connectivity index (χ3v) is 7.14. The summed E-state index contributed by atoms with van der Waals surface area (Å²) in [4.78, 5) is 29.2. The molecule has 2 heterocycles. The number of nitrogens with one attached hydrogen (secondary N) is 2. The van der Waals surface area contributed by atoms with E-state index < -0.39 is 6.10 Å². The molecular weight excluding hydrogens is 480 g/mol. The van der Waals surface area contributed by atoms with Crippen LogP contribution in [0.25, 0.3) is 11.1 Å². The number of carbonyl (C=O) groups excluding carboxylic acids is 2. The lowest BCUT2D eigenvalue weighted by atomic mass is 9.91. The van der Waals surface area contributed by atoms with E-state index in [2.05, 4.69) is 27.7 Å². The van der Waals surface area contributed by atoms with Crippen LogP contribution < -0.4 is 15.5 Å². The first-order valence-electron chi connectivity index (χ1n) is 13.2. The van der Waals surface area contributed by atoms with Crippen molar-refractivity contribution in [2.24, 2.45) is 0 Å². The van der Waals surface area contributed by atoms with E-state index in [0.29, 0.717) is 38.4 Å². The Balaban J connectivity index is 1.44. The minimum atomic E-state index is -1.18. The van der Waals surface area contributed by atoms with Gasteiger partial charge in [0, 0.05) is 44.1 Å². The Hall–Kier alpha value is -3.88. The van der Waals surface area contributed by atoms with Crippen molar-refractivity contribution in [3.63, 3.8) is 0 Å². The quantitative estimate of drug-likeness (QED) is 0.463. The Bertz CT molecular complexity index is 1270. The molecule has 1 atom stereocenters. The van der Waals surface area contributed by atoms with Crippen LogP contribution in [0.5, 0.6) is 0 Å². The van der Waals surface area contributed by atoms with Crippen molar-refractivity contribution in [2.75, 3.05) is 49.6 Å². The van der Waals surface area contributed by atoms with E-state index in [0.717, 1.165) is 41.9 Å². The van der Waals surface area contributed by atoms with Gasteiger partial charge in [-0.05, 0) is 65.4 Å². The van der Waals surface area contributed by atoms with Gasteiger partial charge in [-0.1, -0.05) is 42.5 Å². The zero-order chi connectivity index (χ0) is 26.5. The molecule has 1 saturated heterocycles. The van der Waals surface area contributed by atoms with E-state index in [9.17, 15) is 14.7 Å². The Morgan fingerprint density at radius 1 is 0.974 bits per heavy atom. The summed E-state index contributed by atoms with van der Waals surface area (Å²) in [6.07, 6.45) is -0.449. The first kappa shape index (κ1) is 25.8. The van der Waals surface area contributed by atoms with Gasteiger partial charge in [-0.25, -0.2) is 4.79 Å². The zero-order valence-electron chi connectivity index (χ0n) is 21.7. The number of benzene rings is 3. The molecule has 2 aliphatic heterocycles. The molecule has 0 saturated carbocycles. The standard InChI is InChI=1S/C30H34N4O4/c1-2-31-30(37)32-25-10-8-21(9-11-25)23-18-24-20-34(29(36)28(35)22-6-4-3-5-7-22)13-12-26(24)27(19-23)33-14-16-38-17-15-33/h3-11,18-19,28,35H,2,12-17,20H2,1H3,(H2,31,32,37)/t28-/m0/s1. The molecule has 3 aromatic carbocycles. The van der Waals surface area contributed by atoms with E-state index in [1.807, 2.05) is 49.4 Å². The smallest absolute Gasteiger partial charge is 0.319 e. The number of aliphatic hydroxyl groups is 1. The van der Waals surface area contributed by atoms with E-state index in [-0.39, 0.29) is 11.9 Å². The summed E-state index contributed by atoms with van der Waals surface area (Å²) >= 11 is 0. The minimum Gasteiger partial charge on any atom is -0.378 e. The lowest BCUT2D eigenvalue weighted by Crippen LogP contribution is -2.41. The predicted octanol–water partition coefficient (Wildman–Crippen LogP) is 3.95. The van der Waals surface area contributed by atoms with E-state index >= 15 is 0 Å². The van der Waals surface area contributed by atoms with Crippen LogP contribution in [0.15, 0.2) is 66.7 Å². The second-order valence-electron chi connectivity index (χ2n) is 9.62. The number of aliphatic hydroxyl groups excluding tert-OH is 1. The fourth-order valence-electron chi connectivity index (χ4n) is 5.15. The second-order valence-corrected chi connectivity index (χ2v) is 9.62. The van der Waals surface area contributed by atoms with Crippen LogP contribution in [0.4, 0.5) is 16.2 Å². The molecule has 38 heavy (non-hydrogen) atoms. The van der Waals surface area contributed by atoms with Gasteiger partial charge in [0.15, 0.2) is 6.10 Å². The van der Waals surface area contributed by atoms with Gasteiger partial charge in [-0.15, -0.1) is 0 Å². The highest BCUT2D eigenvalue weighted by atomic mass is 16.5. The molecule has 8 nitrogen and oxygen atoms in total. The van der Waals surface area contributed by atoms with Gasteiger partial charge < -0.3 is 30.3 Å². The number of hydrogen-bond donors (Lipinski definition) is 3. The van der Waals surface area contributed by atoms with Crippen molar-refractivity contribution in [1.82, 2.24) is 10.2 Å². The Morgan fingerprint density at radius 2 is 1.71 bits per heavy atom. The normalized spacial score (nSPS) is 15.9. The molecule has 0 radical (unpaired) electrons. The number of ether oxygens (including phenoxy) is 1. The largest absolute Gasteiger partial charge is 0.378 e. The first-order valence-corrected chi connectivity index (χ1v) is 13.2. The summed E-state index contributed by atoms with van der Waals surface area (Å²) in [7, 11) is 0. The van der Waals surface area contributed by atoms with Crippen molar-refractivity contribution < 1.29 is 19.4 Å². The van der Waals surface area contributed by atoms with Crippen LogP contribution in [0.2, 0.25) is 0 Å². The summed E-state index contributed by atoms with van der Waals surface area (Å²) in [5, 5.41) is 16.3. The van der Waals surface area contributed by atoms with Crippen molar-refractivity contribution in [3.8, 4) is 11.1 Å². The minimum absolute atomic E-state index is 0.230. The molecule has 5 rings (SSSR count). The molecule has 2 aliphatic rings. The number of carbonyl (C=O) groups is 2. The molecule has 8 heteroatoms. The van der Waals surface area contributed by atoms with Gasteiger partial charge >= 0.3 is 6.03 Å². The number of hydrogen-bond acceptors (Lipinski definition) is 5. The van der Waals surface area contributed by atoms with Crippen molar-refractivity contribution >= 4 is 23.3 Å². The molecule has 0 bridgehead atoms. The zero-order valence-corrected chi connectivity index (χ0v) is 21.7. The van der Waals surface area contributed by atoms with Crippen LogP contribution >= 0.6 is 0 Å². The molecular formula is C30H34N4O4. The highest BCUT2D eigenvalue weighted by Gasteiger charge is 2.29. The lowest BCUT2D eigenvalue weighted by molar-refractivity contribution is -0.141. The van der Waals surface area contributed by atoms with Gasteiger partial charge in [0.2, 0.25) is 0 Å². The SMILES string of the molecule is CCNC(=O)Nc1ccc(-c2cc3c(c(N4CCOCC4)c2)CCN(C(=O)[C@@H](O)c2ccccc2)C3)cc1. The van der Waals surface area contributed by atoms with Gasteiger partial charge in [0.05, 0.1) is 13.2 Å². The highest BCUT2D eigenvalue weighted by Crippen LogP contribution is 2.36. The number of nitrogens with zero attached hydrogens (tertiary/aromatic N) is 2. The molecule has 3 N–H and O–H groups in total. The van der Waals surface area contributed by atoms with Crippen molar-refractivity contribution in [3.05, 3.63) is 83.4 Å². The Morgan fingerprint density at radius 3 is 2.42 bits per heavy atom. The average molecular weight is 515 g/mol. The number of rotatable bonds is 6. The van der Waals surface area contributed by atoms with Gasteiger partial charge in [-0.2, -0.15) is 0 Å². The molecule has 1 fully saturated rings. The van der Waals surface area contributed by atoms with Gasteiger partial charge in [0.1, 0.15) is 0 Å². The van der Waals surface area contributed by atoms with Crippen LogP contribution in [0.3, 0.4) is 0 Å². The number of amides is 3. The summed E-state index contributed by atoms with van der Waals surface area (Å²) in [6, 6.07) is 21.0. The maximum atomic E-state index is 13.2. The molecule has 3 amide bonds. The maximum Gasteiger partial charge on any atom is 0.319 e. The molecule has 198 valence electrons. The van der Waals surface area contributed by atoms with Crippen molar-refractivity contribution in [2.45, 2.75) is 26.0 Å². The third kappa shape index (κ3) is 5.66. The number of fused-ring (bicyclic) bond motifs is 1. The fourth-order valence-corrected chi connectivity index (χ4v) is 5.15. The Kier molecular flexibility index (Phi) is 7.91. The molecule has 3 aromatic rings. The number of urea groups is 1. The van der Waals surface area contributed by atoms with E-state index in [1.54, 1.807) is 17.0 Å². The summed E-state index contributed by atoms with van der Waals surface area (Å²) in [5.41, 5.74) is 6.92. The summed E-state index contributed by atoms with van der Waals surface area (Å²) in [6.45, 7) is 6.46. The topological polar surface area (TPSA) is 94.1 Å². The maximum absolute atomic E-state index is 13.2. The lowest BCUT2D eigenvalue weighted by Gasteiger charge is -2.36. The fraction of sp³-hybridized carbons (Fsp3) is 0.333. The molecule has 0 spiro atoms. The molecule has 0 aromatic heterocycles. The summed E-state index contributed by atoms with van der Waals surface area (Å²) in [5.74, 6) is -0.277. The van der Waals surface area contributed by atoms with Crippen LogP contribution in [-0.4, -0.2) is 61.3 Å².